The van der Waals surface area contributed by atoms with Gasteiger partial charge in [-0.2, -0.15) is 0 Å². The number of aryl methyl sites for hydroxylation is 3. The van der Waals surface area contributed by atoms with Crippen LogP contribution in [0.4, 0.5) is 0 Å². The Hall–Kier alpha value is -7.62. The minimum atomic E-state index is 0.961. The number of hydrogen-bond acceptors (Lipinski definition) is 0. The smallest absolute Gasteiger partial charge is 0.0626 e. The first kappa shape index (κ1) is 32.3. The number of hydrogen-bond donors (Lipinski definition) is 0. The fraction of sp³-hybridized carbons (Fsp3) is 0.0526. The molecule has 0 aliphatic heterocycles. The third-order valence-electron chi connectivity index (χ3n) is 13.7. The van der Waals surface area contributed by atoms with E-state index in [0.717, 1.165) is 12.8 Å². The Kier molecular flexibility index (Phi) is 6.33. The predicted molar refractivity (Wildman–Crippen MR) is 254 cm³/mol. The van der Waals surface area contributed by atoms with E-state index >= 15 is 0 Å². The first-order valence-electron chi connectivity index (χ1n) is 21.2. The van der Waals surface area contributed by atoms with E-state index in [2.05, 4.69) is 202 Å². The monoisotopic (exact) mass is 763 g/mol. The molecule has 3 nitrogen and oxygen atoms in total. The average Bonchev–Trinajstić information content (AvgIpc) is 4.08. The molecule has 0 fully saturated rings. The van der Waals surface area contributed by atoms with Gasteiger partial charge in [-0.25, -0.2) is 0 Å². The lowest BCUT2D eigenvalue weighted by atomic mass is 9.87. The molecule has 14 rings (SSSR count). The Balaban J connectivity index is 1.14. The molecule has 14 aromatic rings. The van der Waals surface area contributed by atoms with Gasteiger partial charge in [0.05, 0.1) is 44.1 Å². The van der Waals surface area contributed by atoms with Crippen molar-refractivity contribution < 1.29 is 0 Å². The molecule has 5 aromatic heterocycles. The molecule has 0 unspecified atom stereocenters. The van der Waals surface area contributed by atoms with Gasteiger partial charge in [0.15, 0.2) is 0 Å². The van der Waals surface area contributed by atoms with Crippen LogP contribution in [0, 0.1) is 6.92 Å². The Morgan fingerprint density at radius 1 is 0.367 bits per heavy atom. The average molecular weight is 764 g/mol. The molecule has 0 atom stereocenters. The summed E-state index contributed by atoms with van der Waals surface area (Å²) in [5.74, 6) is 0. The number of fused-ring (bicyclic) bond motifs is 15. The van der Waals surface area contributed by atoms with Gasteiger partial charge in [0.2, 0.25) is 0 Å². The maximum Gasteiger partial charge on any atom is 0.0626 e. The van der Waals surface area contributed by atoms with Crippen molar-refractivity contribution in [3.05, 3.63) is 199 Å². The van der Waals surface area contributed by atoms with E-state index in [-0.39, 0.29) is 0 Å². The van der Waals surface area contributed by atoms with Crippen LogP contribution < -0.4 is 0 Å². The van der Waals surface area contributed by atoms with Crippen LogP contribution >= 0.6 is 0 Å². The molecule has 0 radical (unpaired) electrons. The molecule has 0 aliphatic carbocycles. The van der Waals surface area contributed by atoms with E-state index in [0.29, 0.717) is 0 Å². The molecule has 60 heavy (non-hydrogen) atoms. The molecule has 3 heteroatoms. The molecule has 0 amide bonds. The van der Waals surface area contributed by atoms with Gasteiger partial charge in [0.1, 0.15) is 0 Å². The quantitative estimate of drug-likeness (QED) is 0.166. The molecule has 0 bridgehead atoms. The summed E-state index contributed by atoms with van der Waals surface area (Å²) in [6, 6.07) is 68.1. The topological polar surface area (TPSA) is 13.8 Å². The van der Waals surface area contributed by atoms with Gasteiger partial charge in [0, 0.05) is 59.5 Å². The zero-order chi connectivity index (χ0) is 39.2. The van der Waals surface area contributed by atoms with Crippen LogP contribution in [0.15, 0.2) is 182 Å². The third-order valence-corrected chi connectivity index (χ3v) is 13.7. The highest BCUT2D eigenvalue weighted by Crippen LogP contribution is 2.49. The number of rotatable bonds is 5. The van der Waals surface area contributed by atoms with Crippen molar-refractivity contribution in [1.82, 2.24) is 13.4 Å². The van der Waals surface area contributed by atoms with Crippen LogP contribution in [-0.2, 0) is 12.8 Å². The zero-order valence-electron chi connectivity index (χ0n) is 33.1. The van der Waals surface area contributed by atoms with E-state index in [1.54, 1.807) is 0 Å². The lowest BCUT2D eigenvalue weighted by Crippen LogP contribution is -1.97. The maximum absolute atomic E-state index is 2.58. The second-order valence-electron chi connectivity index (χ2n) is 16.8. The molecule has 9 aromatic carbocycles. The fourth-order valence-corrected chi connectivity index (χ4v) is 11.2. The minimum Gasteiger partial charge on any atom is -0.309 e. The summed E-state index contributed by atoms with van der Waals surface area (Å²) in [7, 11) is 0. The van der Waals surface area contributed by atoms with Crippen LogP contribution in [0.25, 0.3) is 115 Å². The predicted octanol–water partition coefficient (Wildman–Crippen LogP) is 14.8. The second kappa shape index (κ2) is 11.7. The standard InChI is InChI=1S/C57H37N3/c1-34-15-8-9-20-38(34)54-36(28-27-35-16-4-2-5-17-35)29-46-40-22-11-13-26-49(40)59-53-33-52-43(30-47(53)55(54)57(46)59)41-23-14-24-42-45-32-50-44(31-51(45)60(52)56(41)42)39-21-10-12-25-48(39)58(50)37-18-6-3-7-19-37/h2-26,29-33H,27-28H2,1H3. The van der Waals surface area contributed by atoms with Crippen molar-refractivity contribution in [3.8, 4) is 16.8 Å². The van der Waals surface area contributed by atoms with Crippen molar-refractivity contribution >= 4 is 98.0 Å². The first-order valence-corrected chi connectivity index (χ1v) is 21.2. The van der Waals surface area contributed by atoms with E-state index < -0.39 is 0 Å². The molecule has 0 saturated heterocycles. The number of para-hydroxylation sites is 4. The summed E-state index contributed by atoms with van der Waals surface area (Å²) in [6.07, 6.45) is 1.95. The van der Waals surface area contributed by atoms with Gasteiger partial charge in [-0.3, -0.25) is 0 Å². The molecule has 280 valence electrons. The van der Waals surface area contributed by atoms with Crippen molar-refractivity contribution in [1.29, 1.82) is 0 Å². The zero-order valence-corrected chi connectivity index (χ0v) is 33.1. The van der Waals surface area contributed by atoms with Crippen LogP contribution in [0.1, 0.15) is 16.7 Å². The number of aromatic nitrogens is 3. The molecule has 0 saturated carbocycles. The highest BCUT2D eigenvalue weighted by Gasteiger charge is 2.27. The molecule has 5 heterocycles. The summed E-state index contributed by atoms with van der Waals surface area (Å²) in [6.45, 7) is 2.27. The molecule has 0 aliphatic rings. The van der Waals surface area contributed by atoms with Crippen LogP contribution in [0.2, 0.25) is 0 Å². The van der Waals surface area contributed by atoms with Crippen LogP contribution in [0.5, 0.6) is 0 Å². The molecule has 0 N–H and O–H groups in total. The first-order chi connectivity index (χ1) is 29.7. The van der Waals surface area contributed by atoms with Gasteiger partial charge in [-0.15, -0.1) is 0 Å². The van der Waals surface area contributed by atoms with Gasteiger partial charge in [-0.1, -0.05) is 127 Å². The summed E-state index contributed by atoms with van der Waals surface area (Å²) >= 11 is 0. The molecular weight excluding hydrogens is 727 g/mol. The van der Waals surface area contributed by atoms with Crippen LogP contribution in [0.3, 0.4) is 0 Å². The Morgan fingerprint density at radius 2 is 0.950 bits per heavy atom. The Bertz CT molecular complexity index is 4050. The lowest BCUT2D eigenvalue weighted by Gasteiger charge is -2.15. The SMILES string of the molecule is Cc1ccccc1-c1c(CCc2ccccc2)cc2c3ccccc3n3c4cc5c(cc4c1c23)c1cccc2c3cc4c(cc3n5c21)c1ccccc1n4-c1ccccc1. The van der Waals surface area contributed by atoms with Gasteiger partial charge < -0.3 is 13.4 Å². The fourth-order valence-electron chi connectivity index (χ4n) is 11.2. The highest BCUT2D eigenvalue weighted by molar-refractivity contribution is 6.32. The molecular formula is C57H37N3. The highest BCUT2D eigenvalue weighted by atomic mass is 15.0. The summed E-state index contributed by atoms with van der Waals surface area (Å²) in [5, 5.41) is 13.1. The van der Waals surface area contributed by atoms with E-state index in [1.165, 1.54) is 132 Å². The maximum atomic E-state index is 2.58. The summed E-state index contributed by atoms with van der Waals surface area (Å²) < 4.78 is 7.59. The summed E-state index contributed by atoms with van der Waals surface area (Å²) in [4.78, 5) is 0. The van der Waals surface area contributed by atoms with Crippen molar-refractivity contribution in [3.63, 3.8) is 0 Å². The molecule has 0 spiro atoms. The van der Waals surface area contributed by atoms with Gasteiger partial charge >= 0.3 is 0 Å². The van der Waals surface area contributed by atoms with Gasteiger partial charge in [0.25, 0.3) is 0 Å². The summed E-state index contributed by atoms with van der Waals surface area (Å²) in [5.41, 5.74) is 18.1. The van der Waals surface area contributed by atoms with E-state index in [1.807, 2.05) is 0 Å². The van der Waals surface area contributed by atoms with Crippen molar-refractivity contribution in [2.45, 2.75) is 19.8 Å². The van der Waals surface area contributed by atoms with Gasteiger partial charge in [-0.05, 0) is 102 Å². The van der Waals surface area contributed by atoms with Crippen molar-refractivity contribution in [2.24, 2.45) is 0 Å². The number of benzene rings is 9. The second-order valence-corrected chi connectivity index (χ2v) is 16.8. The van der Waals surface area contributed by atoms with Crippen molar-refractivity contribution in [2.75, 3.05) is 0 Å². The normalized spacial score (nSPS) is 12.6. The minimum absolute atomic E-state index is 0.961. The number of nitrogens with zero attached hydrogens (tertiary/aromatic N) is 3. The van der Waals surface area contributed by atoms with Crippen LogP contribution in [-0.4, -0.2) is 13.4 Å². The third kappa shape index (κ3) is 4.13. The van der Waals surface area contributed by atoms with E-state index in [9.17, 15) is 0 Å². The van der Waals surface area contributed by atoms with E-state index in [4.69, 9.17) is 0 Å². The lowest BCUT2D eigenvalue weighted by molar-refractivity contribution is 0.965. The Morgan fingerprint density at radius 3 is 1.75 bits per heavy atom. The largest absolute Gasteiger partial charge is 0.309 e. The Labute approximate surface area is 345 Å².